The Morgan fingerprint density at radius 3 is 2.24 bits per heavy atom. The second-order valence-electron chi connectivity index (χ2n) is 5.19. The number of hydrogen-bond donors (Lipinski definition) is 2. The number of benzene rings is 2. The minimum Gasteiger partial charge on any atom is -0.324 e. The second-order valence-corrected chi connectivity index (χ2v) is 5.19. The third kappa shape index (κ3) is 1.50. The number of hydrogen-bond acceptors (Lipinski definition) is 2. The molecule has 2 aliphatic heterocycles. The minimum atomic E-state index is -1.25. The quantitative estimate of drug-likeness (QED) is 0.783. The molecule has 2 N–H and O–H groups in total. The third-order valence-electron chi connectivity index (χ3n) is 4.01. The first-order chi connectivity index (χ1) is 10.2. The monoisotopic (exact) mass is 276 g/mol. The van der Waals surface area contributed by atoms with Gasteiger partial charge in [0.05, 0.1) is 0 Å². The fourth-order valence-corrected chi connectivity index (χ4v) is 2.96. The van der Waals surface area contributed by atoms with E-state index in [1.807, 2.05) is 54.6 Å². The van der Waals surface area contributed by atoms with Crippen LogP contribution >= 0.6 is 0 Å². The SMILES string of the molecule is O=C1NC(c2ccccc2)=CC12C(=O)Nc1ccccc12. The zero-order valence-electron chi connectivity index (χ0n) is 11.1. The number of rotatable bonds is 1. The molecule has 4 nitrogen and oxygen atoms in total. The van der Waals surface area contributed by atoms with Crippen LogP contribution in [0, 0.1) is 0 Å². The molecule has 2 aliphatic rings. The number of carbonyl (C=O) groups excluding carboxylic acids is 2. The lowest BCUT2D eigenvalue weighted by Crippen LogP contribution is -2.42. The predicted octanol–water partition coefficient (Wildman–Crippen LogP) is 2.05. The molecule has 0 radical (unpaired) electrons. The van der Waals surface area contributed by atoms with Crippen LogP contribution in [0.3, 0.4) is 0 Å². The van der Waals surface area contributed by atoms with Gasteiger partial charge in [0.15, 0.2) is 5.41 Å². The van der Waals surface area contributed by atoms with Crippen LogP contribution in [-0.4, -0.2) is 11.8 Å². The van der Waals surface area contributed by atoms with E-state index < -0.39 is 5.41 Å². The highest BCUT2D eigenvalue weighted by Crippen LogP contribution is 2.43. The van der Waals surface area contributed by atoms with Gasteiger partial charge in [0.25, 0.3) is 0 Å². The molecule has 1 unspecified atom stereocenters. The summed E-state index contributed by atoms with van der Waals surface area (Å²) >= 11 is 0. The van der Waals surface area contributed by atoms with Crippen LogP contribution in [0.15, 0.2) is 60.7 Å². The van der Waals surface area contributed by atoms with Gasteiger partial charge in [-0.2, -0.15) is 0 Å². The molecule has 4 heteroatoms. The molecule has 102 valence electrons. The number of nitrogens with one attached hydrogen (secondary N) is 2. The lowest BCUT2D eigenvalue weighted by Gasteiger charge is -2.15. The predicted molar refractivity (Wildman–Crippen MR) is 79.3 cm³/mol. The normalized spacial score (nSPS) is 22.8. The van der Waals surface area contributed by atoms with Gasteiger partial charge in [0.1, 0.15) is 0 Å². The third-order valence-corrected chi connectivity index (χ3v) is 4.01. The molecule has 0 fully saturated rings. The number of para-hydroxylation sites is 1. The Labute approximate surface area is 121 Å². The molecule has 1 spiro atoms. The Bertz CT molecular complexity index is 795. The van der Waals surface area contributed by atoms with Crippen molar-refractivity contribution in [2.75, 3.05) is 5.32 Å². The summed E-state index contributed by atoms with van der Waals surface area (Å²) in [6.07, 6.45) is 1.73. The summed E-state index contributed by atoms with van der Waals surface area (Å²) in [6, 6.07) is 16.8. The summed E-state index contributed by atoms with van der Waals surface area (Å²) in [6.45, 7) is 0. The van der Waals surface area contributed by atoms with Crippen LogP contribution < -0.4 is 10.6 Å². The van der Waals surface area contributed by atoms with Crippen molar-refractivity contribution in [1.82, 2.24) is 5.32 Å². The molecular formula is C17H12N2O2. The average Bonchev–Trinajstić information content (AvgIpc) is 3.01. The van der Waals surface area contributed by atoms with E-state index in [-0.39, 0.29) is 11.8 Å². The highest BCUT2D eigenvalue weighted by atomic mass is 16.2. The summed E-state index contributed by atoms with van der Waals surface area (Å²) < 4.78 is 0. The fraction of sp³-hybridized carbons (Fsp3) is 0.0588. The summed E-state index contributed by atoms with van der Waals surface area (Å²) in [7, 11) is 0. The van der Waals surface area contributed by atoms with E-state index in [9.17, 15) is 9.59 Å². The van der Waals surface area contributed by atoms with Gasteiger partial charge in [-0.1, -0.05) is 48.5 Å². The first kappa shape index (κ1) is 11.9. The summed E-state index contributed by atoms with van der Waals surface area (Å²) in [5, 5.41) is 5.62. The number of anilines is 1. The van der Waals surface area contributed by atoms with Crippen molar-refractivity contribution in [2.24, 2.45) is 0 Å². The maximum Gasteiger partial charge on any atom is 0.248 e. The van der Waals surface area contributed by atoms with Gasteiger partial charge < -0.3 is 10.6 Å². The Morgan fingerprint density at radius 2 is 1.43 bits per heavy atom. The van der Waals surface area contributed by atoms with Crippen molar-refractivity contribution in [3.05, 3.63) is 71.8 Å². The molecule has 2 aromatic carbocycles. The highest BCUT2D eigenvalue weighted by molar-refractivity contribution is 6.26. The van der Waals surface area contributed by atoms with E-state index in [1.54, 1.807) is 6.08 Å². The second kappa shape index (κ2) is 4.06. The van der Waals surface area contributed by atoms with Gasteiger partial charge in [0.2, 0.25) is 11.8 Å². The molecule has 0 saturated heterocycles. The van der Waals surface area contributed by atoms with Crippen LogP contribution in [0.4, 0.5) is 5.69 Å². The summed E-state index contributed by atoms with van der Waals surface area (Å²) in [5.41, 5.74) is 1.72. The Morgan fingerprint density at radius 1 is 0.762 bits per heavy atom. The molecule has 0 aromatic heterocycles. The highest BCUT2D eigenvalue weighted by Gasteiger charge is 2.54. The molecule has 21 heavy (non-hydrogen) atoms. The van der Waals surface area contributed by atoms with Crippen molar-refractivity contribution in [3.63, 3.8) is 0 Å². The topological polar surface area (TPSA) is 58.2 Å². The van der Waals surface area contributed by atoms with E-state index in [4.69, 9.17) is 0 Å². The Hall–Kier alpha value is -2.88. The molecule has 4 rings (SSSR count). The van der Waals surface area contributed by atoms with Gasteiger partial charge in [0, 0.05) is 16.9 Å². The lowest BCUT2D eigenvalue weighted by atomic mass is 9.82. The number of amides is 2. The number of fused-ring (bicyclic) bond motifs is 2. The fourth-order valence-electron chi connectivity index (χ4n) is 2.96. The molecule has 2 aromatic rings. The smallest absolute Gasteiger partial charge is 0.248 e. The van der Waals surface area contributed by atoms with Gasteiger partial charge in [-0.05, 0) is 17.7 Å². The summed E-state index contributed by atoms with van der Waals surface area (Å²) in [5.74, 6) is -0.601. The van der Waals surface area contributed by atoms with Crippen molar-refractivity contribution < 1.29 is 9.59 Å². The van der Waals surface area contributed by atoms with E-state index in [2.05, 4.69) is 10.6 Å². The zero-order chi connectivity index (χ0) is 14.4. The number of carbonyl (C=O) groups is 2. The van der Waals surface area contributed by atoms with Crippen molar-refractivity contribution in [1.29, 1.82) is 0 Å². The van der Waals surface area contributed by atoms with Gasteiger partial charge >= 0.3 is 0 Å². The molecule has 2 heterocycles. The molecule has 1 atom stereocenters. The van der Waals surface area contributed by atoms with Crippen LogP contribution in [0.25, 0.3) is 5.70 Å². The maximum absolute atomic E-state index is 12.5. The standard InChI is InChI=1S/C17H12N2O2/c20-15-17(12-8-4-5-9-13(12)18-15)10-14(19-16(17)21)11-6-2-1-3-7-11/h1-10H,(H,18,20)(H,19,21). The van der Waals surface area contributed by atoms with Crippen molar-refractivity contribution >= 4 is 23.2 Å². The van der Waals surface area contributed by atoms with E-state index in [1.165, 1.54) is 0 Å². The maximum atomic E-state index is 12.5. The molecule has 2 amide bonds. The Balaban J connectivity index is 1.91. The molecule has 0 aliphatic carbocycles. The Kier molecular flexibility index (Phi) is 2.30. The lowest BCUT2D eigenvalue weighted by molar-refractivity contribution is -0.130. The van der Waals surface area contributed by atoms with Crippen LogP contribution in [0.2, 0.25) is 0 Å². The average molecular weight is 276 g/mol. The molecule has 0 bridgehead atoms. The van der Waals surface area contributed by atoms with E-state index in [0.29, 0.717) is 16.9 Å². The zero-order valence-corrected chi connectivity index (χ0v) is 11.1. The van der Waals surface area contributed by atoms with Crippen LogP contribution in [0.1, 0.15) is 11.1 Å². The largest absolute Gasteiger partial charge is 0.324 e. The van der Waals surface area contributed by atoms with Crippen LogP contribution in [-0.2, 0) is 15.0 Å². The first-order valence-electron chi connectivity index (χ1n) is 6.72. The van der Waals surface area contributed by atoms with Crippen molar-refractivity contribution in [3.8, 4) is 0 Å². The summed E-state index contributed by atoms with van der Waals surface area (Å²) in [4.78, 5) is 25.0. The van der Waals surface area contributed by atoms with Gasteiger partial charge in [-0.25, -0.2) is 0 Å². The van der Waals surface area contributed by atoms with E-state index in [0.717, 1.165) is 5.56 Å². The minimum absolute atomic E-state index is 0.299. The molecule has 0 saturated carbocycles. The molecular weight excluding hydrogens is 264 g/mol. The van der Waals surface area contributed by atoms with E-state index >= 15 is 0 Å². The first-order valence-corrected chi connectivity index (χ1v) is 6.72. The van der Waals surface area contributed by atoms with Crippen LogP contribution in [0.5, 0.6) is 0 Å². The van der Waals surface area contributed by atoms with Gasteiger partial charge in [-0.3, -0.25) is 9.59 Å². The van der Waals surface area contributed by atoms with Crippen molar-refractivity contribution in [2.45, 2.75) is 5.41 Å². The van der Waals surface area contributed by atoms with Gasteiger partial charge in [-0.15, -0.1) is 0 Å².